The van der Waals surface area contributed by atoms with Crippen LogP contribution in [0, 0.1) is 18.6 Å². The van der Waals surface area contributed by atoms with Gasteiger partial charge in [-0.1, -0.05) is 23.7 Å². The Morgan fingerprint density at radius 1 is 1.08 bits per heavy atom. The van der Waals surface area contributed by atoms with Gasteiger partial charge in [0, 0.05) is 0 Å². The second kappa shape index (κ2) is 7.25. The minimum absolute atomic E-state index is 0.137. The first-order valence-corrected chi connectivity index (χ1v) is 8.32. The summed E-state index contributed by atoms with van der Waals surface area (Å²) in [6, 6.07) is 11.2. The molecular formula is C19H16ClF2N3O. The molecule has 1 atom stereocenters. The number of carbonyl (C=O) groups is 1. The number of hydrogen-bond donors (Lipinski definition) is 1. The normalized spacial score (nSPS) is 12.0. The fourth-order valence-corrected chi connectivity index (χ4v) is 2.97. The Hall–Kier alpha value is -2.73. The molecule has 26 heavy (non-hydrogen) atoms. The van der Waals surface area contributed by atoms with Crippen LogP contribution in [0.1, 0.15) is 34.6 Å². The molecular weight excluding hydrogens is 360 g/mol. The summed E-state index contributed by atoms with van der Waals surface area (Å²) in [4.78, 5) is 12.7. The Bertz CT molecular complexity index is 937. The lowest BCUT2D eigenvalue weighted by molar-refractivity contribution is 0.0939. The molecule has 1 aromatic heterocycles. The third kappa shape index (κ3) is 3.60. The van der Waals surface area contributed by atoms with Gasteiger partial charge >= 0.3 is 0 Å². The van der Waals surface area contributed by atoms with Gasteiger partial charge in [0.2, 0.25) is 0 Å². The number of benzene rings is 2. The highest BCUT2D eigenvalue weighted by molar-refractivity contribution is 6.33. The van der Waals surface area contributed by atoms with Crippen molar-refractivity contribution in [2.45, 2.75) is 19.9 Å². The first-order chi connectivity index (χ1) is 12.4. The van der Waals surface area contributed by atoms with Gasteiger partial charge in [-0.05, 0) is 55.8 Å². The van der Waals surface area contributed by atoms with Gasteiger partial charge in [0.25, 0.3) is 5.91 Å². The van der Waals surface area contributed by atoms with Gasteiger partial charge in [0.05, 0.1) is 23.0 Å². The molecule has 1 N–H and O–H groups in total. The molecule has 7 heteroatoms. The molecule has 134 valence electrons. The van der Waals surface area contributed by atoms with Crippen LogP contribution >= 0.6 is 11.6 Å². The van der Waals surface area contributed by atoms with Gasteiger partial charge in [-0.25, -0.2) is 13.5 Å². The van der Waals surface area contributed by atoms with E-state index in [1.54, 1.807) is 26.0 Å². The maximum absolute atomic E-state index is 13.1. The molecule has 3 aromatic rings. The molecule has 1 heterocycles. The van der Waals surface area contributed by atoms with E-state index in [1.165, 1.54) is 41.1 Å². The molecule has 3 rings (SSSR count). The van der Waals surface area contributed by atoms with Crippen LogP contribution in [0.15, 0.2) is 48.5 Å². The molecule has 0 saturated heterocycles. The molecule has 0 saturated carbocycles. The fraction of sp³-hybridized carbons (Fsp3) is 0.158. The van der Waals surface area contributed by atoms with E-state index in [9.17, 15) is 13.6 Å². The van der Waals surface area contributed by atoms with Crippen LogP contribution in [0.5, 0.6) is 0 Å². The number of aryl methyl sites for hydroxylation is 1. The van der Waals surface area contributed by atoms with E-state index in [1.807, 2.05) is 0 Å². The average molecular weight is 376 g/mol. The smallest absolute Gasteiger partial charge is 0.256 e. The second-order valence-electron chi connectivity index (χ2n) is 5.89. The minimum atomic E-state index is -0.391. The molecule has 0 spiro atoms. The highest BCUT2D eigenvalue weighted by Crippen LogP contribution is 2.24. The quantitative estimate of drug-likeness (QED) is 0.724. The van der Waals surface area contributed by atoms with Gasteiger partial charge in [-0.2, -0.15) is 5.10 Å². The summed E-state index contributed by atoms with van der Waals surface area (Å²) in [5.74, 6) is -1.11. The van der Waals surface area contributed by atoms with Crippen molar-refractivity contribution in [3.05, 3.63) is 82.1 Å². The molecule has 0 aliphatic carbocycles. The summed E-state index contributed by atoms with van der Waals surface area (Å²) in [6.07, 6.45) is 0. The summed E-state index contributed by atoms with van der Waals surface area (Å²) in [6.45, 7) is 3.46. The number of halogens is 3. The van der Waals surface area contributed by atoms with Crippen molar-refractivity contribution in [3.8, 4) is 5.69 Å². The molecule has 0 fully saturated rings. The minimum Gasteiger partial charge on any atom is -0.345 e. The third-order valence-corrected chi connectivity index (χ3v) is 4.37. The topological polar surface area (TPSA) is 46.9 Å². The Morgan fingerprint density at radius 2 is 1.62 bits per heavy atom. The van der Waals surface area contributed by atoms with Crippen LogP contribution in [-0.2, 0) is 0 Å². The Balaban J connectivity index is 1.85. The number of hydrogen-bond acceptors (Lipinski definition) is 2. The maximum Gasteiger partial charge on any atom is 0.256 e. The standard InChI is InChI=1S/C19H16ClF2N3O/c1-11(13-3-5-14(21)6-4-13)23-19(26)17-12(2)24-25(18(17)20)16-9-7-15(22)8-10-16/h3-11H,1-2H3,(H,23,26). The number of rotatable bonds is 4. The number of carbonyl (C=O) groups excluding carboxylic acids is 1. The largest absolute Gasteiger partial charge is 0.345 e. The number of nitrogens with one attached hydrogen (secondary N) is 1. The number of nitrogens with zero attached hydrogens (tertiary/aromatic N) is 2. The van der Waals surface area contributed by atoms with Crippen LogP contribution in [0.2, 0.25) is 5.15 Å². The Labute approximate surface area is 154 Å². The van der Waals surface area contributed by atoms with Gasteiger partial charge < -0.3 is 5.32 Å². The number of aromatic nitrogens is 2. The number of amides is 1. The Kier molecular flexibility index (Phi) is 5.04. The Morgan fingerprint density at radius 3 is 2.19 bits per heavy atom. The summed E-state index contributed by atoms with van der Waals surface area (Å²) in [7, 11) is 0. The zero-order valence-corrected chi connectivity index (χ0v) is 14.9. The summed E-state index contributed by atoms with van der Waals surface area (Å²) >= 11 is 6.35. The lowest BCUT2D eigenvalue weighted by Crippen LogP contribution is -2.27. The highest BCUT2D eigenvalue weighted by atomic mass is 35.5. The lowest BCUT2D eigenvalue weighted by atomic mass is 10.1. The van der Waals surface area contributed by atoms with E-state index >= 15 is 0 Å². The molecule has 0 bridgehead atoms. The van der Waals surface area contributed by atoms with Crippen molar-refractivity contribution in [3.63, 3.8) is 0 Å². The van der Waals surface area contributed by atoms with Crippen LogP contribution < -0.4 is 5.32 Å². The SMILES string of the molecule is Cc1nn(-c2ccc(F)cc2)c(Cl)c1C(=O)NC(C)c1ccc(F)cc1. The lowest BCUT2D eigenvalue weighted by Gasteiger charge is -2.14. The van der Waals surface area contributed by atoms with Crippen LogP contribution in [0.3, 0.4) is 0 Å². The van der Waals surface area contributed by atoms with Crippen molar-refractivity contribution in [2.24, 2.45) is 0 Å². The fourth-order valence-electron chi connectivity index (χ4n) is 2.61. The van der Waals surface area contributed by atoms with Gasteiger partial charge in [0.1, 0.15) is 16.8 Å². The van der Waals surface area contributed by atoms with Crippen molar-refractivity contribution in [1.29, 1.82) is 0 Å². The highest BCUT2D eigenvalue weighted by Gasteiger charge is 2.22. The van der Waals surface area contributed by atoms with Crippen molar-refractivity contribution in [1.82, 2.24) is 15.1 Å². The van der Waals surface area contributed by atoms with Crippen molar-refractivity contribution >= 4 is 17.5 Å². The van der Waals surface area contributed by atoms with Crippen molar-refractivity contribution in [2.75, 3.05) is 0 Å². The predicted molar refractivity (Wildman–Crippen MR) is 95.6 cm³/mol. The zero-order chi connectivity index (χ0) is 18.8. The van der Waals surface area contributed by atoms with E-state index in [4.69, 9.17) is 11.6 Å². The van der Waals surface area contributed by atoms with Gasteiger partial charge in [0.15, 0.2) is 0 Å². The van der Waals surface area contributed by atoms with E-state index in [-0.39, 0.29) is 28.4 Å². The molecule has 1 amide bonds. The van der Waals surface area contributed by atoms with Crippen LogP contribution in [0.25, 0.3) is 5.69 Å². The molecule has 1 unspecified atom stereocenters. The summed E-state index contributed by atoms with van der Waals surface area (Å²) < 4.78 is 27.5. The molecule has 2 aromatic carbocycles. The van der Waals surface area contributed by atoms with E-state index in [2.05, 4.69) is 10.4 Å². The first-order valence-electron chi connectivity index (χ1n) is 7.94. The molecule has 0 radical (unpaired) electrons. The van der Waals surface area contributed by atoms with Crippen LogP contribution in [0.4, 0.5) is 8.78 Å². The molecule has 4 nitrogen and oxygen atoms in total. The van der Waals surface area contributed by atoms with E-state index in [0.717, 1.165) is 5.56 Å². The van der Waals surface area contributed by atoms with Gasteiger partial charge in [-0.15, -0.1) is 0 Å². The monoisotopic (exact) mass is 375 g/mol. The maximum atomic E-state index is 13.1. The van der Waals surface area contributed by atoms with E-state index in [0.29, 0.717) is 11.4 Å². The van der Waals surface area contributed by atoms with Crippen LogP contribution in [-0.4, -0.2) is 15.7 Å². The summed E-state index contributed by atoms with van der Waals surface area (Å²) in [5, 5.41) is 7.24. The van der Waals surface area contributed by atoms with E-state index < -0.39 is 5.91 Å². The van der Waals surface area contributed by atoms with Crippen molar-refractivity contribution < 1.29 is 13.6 Å². The second-order valence-corrected chi connectivity index (χ2v) is 6.24. The third-order valence-electron chi connectivity index (χ3n) is 4.02. The van der Waals surface area contributed by atoms with Gasteiger partial charge in [-0.3, -0.25) is 4.79 Å². The zero-order valence-electron chi connectivity index (χ0n) is 14.1. The first kappa shape index (κ1) is 18.1. The predicted octanol–water partition coefficient (Wildman–Crippen LogP) is 4.60. The molecule has 0 aliphatic rings. The summed E-state index contributed by atoms with van der Waals surface area (Å²) in [5.41, 5.74) is 2.00. The average Bonchev–Trinajstić information content (AvgIpc) is 2.90. The molecule has 0 aliphatic heterocycles.